The number of halogens is 1. The van der Waals surface area contributed by atoms with Crippen molar-refractivity contribution >= 4 is 15.9 Å². The van der Waals surface area contributed by atoms with Gasteiger partial charge in [0.05, 0.1) is 0 Å². The summed E-state index contributed by atoms with van der Waals surface area (Å²) in [5.74, 6) is 0.0983. The third-order valence-corrected chi connectivity index (χ3v) is 2.68. The van der Waals surface area contributed by atoms with Gasteiger partial charge in [0.15, 0.2) is 0 Å². The summed E-state index contributed by atoms with van der Waals surface area (Å²) >= 11 is 3.36. The Hall–Kier alpha value is -0.380. The summed E-state index contributed by atoms with van der Waals surface area (Å²) in [5.41, 5.74) is 6.98. The van der Waals surface area contributed by atoms with Gasteiger partial charge in [-0.2, -0.15) is 0 Å². The van der Waals surface area contributed by atoms with Crippen LogP contribution < -0.4 is 5.73 Å². The zero-order chi connectivity index (χ0) is 9.84. The Morgan fingerprint density at radius 2 is 1.92 bits per heavy atom. The zero-order valence-electron chi connectivity index (χ0n) is 7.57. The molecule has 0 aliphatic heterocycles. The van der Waals surface area contributed by atoms with Crippen molar-refractivity contribution < 1.29 is 5.11 Å². The van der Waals surface area contributed by atoms with Gasteiger partial charge in [-0.3, -0.25) is 0 Å². The van der Waals surface area contributed by atoms with Gasteiger partial charge in [0.2, 0.25) is 0 Å². The summed E-state index contributed by atoms with van der Waals surface area (Å²) < 4.78 is 1.04. The van der Waals surface area contributed by atoms with E-state index in [9.17, 15) is 0 Å². The van der Waals surface area contributed by atoms with Crippen molar-refractivity contribution in [2.45, 2.75) is 13.0 Å². The van der Waals surface area contributed by atoms with E-state index in [1.54, 1.807) is 0 Å². The molecule has 0 heterocycles. The lowest BCUT2D eigenvalue weighted by Crippen LogP contribution is -2.21. The molecule has 0 bridgehead atoms. The van der Waals surface area contributed by atoms with Crippen LogP contribution in [0.25, 0.3) is 0 Å². The Labute approximate surface area is 86.9 Å². The second kappa shape index (κ2) is 4.74. The highest BCUT2D eigenvalue weighted by molar-refractivity contribution is 9.10. The molecule has 0 fully saturated rings. The average molecular weight is 244 g/mol. The summed E-state index contributed by atoms with van der Waals surface area (Å²) in [4.78, 5) is 0. The van der Waals surface area contributed by atoms with Crippen LogP contribution in [0.3, 0.4) is 0 Å². The number of aliphatic hydroxyl groups is 1. The fourth-order valence-electron chi connectivity index (χ4n) is 1.13. The fraction of sp³-hybridized carbons (Fsp3) is 0.400. The fourth-order valence-corrected chi connectivity index (χ4v) is 1.39. The predicted molar refractivity (Wildman–Crippen MR) is 57.3 cm³/mol. The van der Waals surface area contributed by atoms with Gasteiger partial charge in [-0.1, -0.05) is 35.0 Å². The monoisotopic (exact) mass is 243 g/mol. The summed E-state index contributed by atoms with van der Waals surface area (Å²) in [7, 11) is 0. The van der Waals surface area contributed by atoms with Crippen LogP contribution >= 0.6 is 15.9 Å². The van der Waals surface area contributed by atoms with Gasteiger partial charge in [-0.25, -0.2) is 0 Å². The molecule has 0 radical (unpaired) electrons. The highest BCUT2D eigenvalue weighted by Crippen LogP contribution is 2.20. The highest BCUT2D eigenvalue weighted by Gasteiger charge is 2.13. The molecule has 3 N–H and O–H groups in total. The minimum Gasteiger partial charge on any atom is -0.396 e. The summed E-state index contributed by atoms with van der Waals surface area (Å²) in [6.45, 7) is 2.06. The molecule has 0 aromatic heterocycles. The van der Waals surface area contributed by atoms with Crippen molar-refractivity contribution in [1.29, 1.82) is 0 Å². The van der Waals surface area contributed by atoms with Crippen LogP contribution in [0.2, 0.25) is 0 Å². The topological polar surface area (TPSA) is 46.2 Å². The van der Waals surface area contributed by atoms with Gasteiger partial charge in [-0.05, 0) is 23.6 Å². The molecule has 0 unspecified atom stereocenters. The number of hydrogen-bond acceptors (Lipinski definition) is 2. The molecule has 0 aliphatic carbocycles. The molecule has 0 saturated heterocycles. The first-order valence-electron chi connectivity index (χ1n) is 4.27. The Morgan fingerprint density at radius 1 is 1.38 bits per heavy atom. The number of aliphatic hydroxyl groups excluding tert-OH is 1. The van der Waals surface area contributed by atoms with E-state index in [-0.39, 0.29) is 18.6 Å². The van der Waals surface area contributed by atoms with E-state index in [1.807, 2.05) is 31.2 Å². The van der Waals surface area contributed by atoms with Gasteiger partial charge in [-0.15, -0.1) is 0 Å². The molecule has 13 heavy (non-hydrogen) atoms. The first-order valence-corrected chi connectivity index (χ1v) is 5.06. The quantitative estimate of drug-likeness (QED) is 0.855. The van der Waals surface area contributed by atoms with Gasteiger partial charge >= 0.3 is 0 Å². The van der Waals surface area contributed by atoms with E-state index in [0.29, 0.717) is 0 Å². The number of hydrogen-bond donors (Lipinski definition) is 2. The molecule has 3 heteroatoms. The van der Waals surface area contributed by atoms with Crippen LogP contribution in [0.5, 0.6) is 0 Å². The molecule has 0 saturated carbocycles. The summed E-state index contributed by atoms with van der Waals surface area (Å²) in [6, 6.07) is 7.78. The Balaban J connectivity index is 2.77. The van der Waals surface area contributed by atoms with Crippen molar-refractivity contribution in [2.75, 3.05) is 6.61 Å². The molecule has 0 aliphatic rings. The smallest absolute Gasteiger partial charge is 0.0474 e. The molecular weight excluding hydrogens is 230 g/mol. The molecule has 2 nitrogen and oxygen atoms in total. The second-order valence-corrected chi connectivity index (χ2v) is 4.15. The van der Waals surface area contributed by atoms with Crippen LogP contribution in [-0.4, -0.2) is 11.7 Å². The molecule has 2 atom stereocenters. The normalized spacial score (nSPS) is 15.4. The minimum absolute atomic E-state index is 0.0851. The van der Waals surface area contributed by atoms with Crippen molar-refractivity contribution in [3.05, 3.63) is 34.3 Å². The zero-order valence-corrected chi connectivity index (χ0v) is 9.16. The highest BCUT2D eigenvalue weighted by atomic mass is 79.9. The molecule has 1 rings (SSSR count). The van der Waals surface area contributed by atoms with E-state index in [2.05, 4.69) is 15.9 Å². The Kier molecular flexibility index (Phi) is 3.90. The average Bonchev–Trinajstić information content (AvgIpc) is 2.17. The molecule has 0 amide bonds. The number of benzene rings is 1. The minimum atomic E-state index is -0.0851. The number of rotatable bonds is 3. The van der Waals surface area contributed by atoms with E-state index < -0.39 is 0 Å². The predicted octanol–water partition coefficient (Wildman–Crippen LogP) is 2.08. The maximum Gasteiger partial charge on any atom is 0.0474 e. The van der Waals surface area contributed by atoms with Crippen LogP contribution in [-0.2, 0) is 0 Å². The van der Waals surface area contributed by atoms with E-state index >= 15 is 0 Å². The van der Waals surface area contributed by atoms with E-state index in [1.165, 1.54) is 0 Å². The standard InChI is InChI=1S/C10H14BrNO/c1-7(6-13)10(12)8-2-4-9(11)5-3-8/h2-5,7,10,13H,6,12H2,1H3/t7-,10+/m0/s1. The molecule has 1 aromatic rings. The number of nitrogens with two attached hydrogens (primary N) is 1. The molecule has 72 valence electrons. The van der Waals surface area contributed by atoms with Crippen molar-refractivity contribution in [2.24, 2.45) is 11.7 Å². The van der Waals surface area contributed by atoms with Gasteiger partial charge in [0.1, 0.15) is 0 Å². The maximum absolute atomic E-state index is 8.93. The van der Waals surface area contributed by atoms with Crippen molar-refractivity contribution in [3.63, 3.8) is 0 Å². The SMILES string of the molecule is C[C@@H](CO)[C@@H](N)c1ccc(Br)cc1. The lowest BCUT2D eigenvalue weighted by Gasteiger charge is -2.17. The van der Waals surface area contributed by atoms with Crippen LogP contribution in [0.1, 0.15) is 18.5 Å². The van der Waals surface area contributed by atoms with Crippen LogP contribution in [0.4, 0.5) is 0 Å². The van der Waals surface area contributed by atoms with Gasteiger partial charge in [0.25, 0.3) is 0 Å². The maximum atomic E-state index is 8.93. The summed E-state index contributed by atoms with van der Waals surface area (Å²) in [6.07, 6.45) is 0. The van der Waals surface area contributed by atoms with Gasteiger partial charge in [0, 0.05) is 17.1 Å². The van der Waals surface area contributed by atoms with Crippen LogP contribution in [0.15, 0.2) is 28.7 Å². The second-order valence-electron chi connectivity index (χ2n) is 3.24. The largest absolute Gasteiger partial charge is 0.396 e. The third-order valence-electron chi connectivity index (χ3n) is 2.16. The van der Waals surface area contributed by atoms with Crippen molar-refractivity contribution in [1.82, 2.24) is 0 Å². The Morgan fingerprint density at radius 3 is 2.38 bits per heavy atom. The van der Waals surface area contributed by atoms with Gasteiger partial charge < -0.3 is 10.8 Å². The molecular formula is C10H14BrNO. The lowest BCUT2D eigenvalue weighted by molar-refractivity contribution is 0.217. The third kappa shape index (κ3) is 2.79. The molecule has 0 spiro atoms. The van der Waals surface area contributed by atoms with E-state index in [0.717, 1.165) is 10.0 Å². The molecule has 1 aromatic carbocycles. The first kappa shape index (κ1) is 10.7. The Bertz CT molecular complexity index is 260. The van der Waals surface area contributed by atoms with Crippen LogP contribution in [0, 0.1) is 5.92 Å². The summed E-state index contributed by atoms with van der Waals surface area (Å²) in [5, 5.41) is 8.93. The lowest BCUT2D eigenvalue weighted by atomic mass is 9.96. The van der Waals surface area contributed by atoms with E-state index in [4.69, 9.17) is 10.8 Å². The first-order chi connectivity index (χ1) is 6.15. The van der Waals surface area contributed by atoms with Crippen molar-refractivity contribution in [3.8, 4) is 0 Å².